The zero-order valence-corrected chi connectivity index (χ0v) is 9.52. The highest BCUT2D eigenvalue weighted by Crippen LogP contribution is 2.10. The first-order chi connectivity index (χ1) is 7.39. The standard InChI is InChI=1S/C10H15N3O3/c1-4-10(2,9(15)16)12-8(14)7-5-13(3)6-11-7/h5-6H,4H2,1-3H3,(H,12,14)(H,15,16). The fourth-order valence-corrected chi connectivity index (χ4v) is 1.14. The Morgan fingerprint density at radius 3 is 2.62 bits per heavy atom. The van der Waals surface area contributed by atoms with E-state index in [1.807, 2.05) is 0 Å². The number of amides is 1. The Kier molecular flexibility index (Phi) is 3.31. The van der Waals surface area contributed by atoms with E-state index in [1.54, 1.807) is 18.5 Å². The molecule has 2 N–H and O–H groups in total. The van der Waals surface area contributed by atoms with E-state index in [0.29, 0.717) is 6.42 Å². The lowest BCUT2D eigenvalue weighted by Gasteiger charge is -2.23. The molecule has 1 atom stereocenters. The first kappa shape index (κ1) is 12.2. The highest BCUT2D eigenvalue weighted by atomic mass is 16.4. The van der Waals surface area contributed by atoms with Crippen LogP contribution in [0, 0.1) is 0 Å². The zero-order valence-electron chi connectivity index (χ0n) is 9.52. The van der Waals surface area contributed by atoms with Crippen LogP contribution in [0.3, 0.4) is 0 Å². The third-order valence-electron chi connectivity index (χ3n) is 2.51. The number of hydrogen-bond acceptors (Lipinski definition) is 3. The van der Waals surface area contributed by atoms with E-state index < -0.39 is 17.4 Å². The summed E-state index contributed by atoms with van der Waals surface area (Å²) in [6, 6.07) is 0. The average molecular weight is 225 g/mol. The predicted octanol–water partition coefficient (Wildman–Crippen LogP) is 0.403. The van der Waals surface area contributed by atoms with Gasteiger partial charge in [-0.15, -0.1) is 0 Å². The predicted molar refractivity (Wildman–Crippen MR) is 57.0 cm³/mol. The van der Waals surface area contributed by atoms with Crippen LogP contribution in [0.4, 0.5) is 0 Å². The fraction of sp³-hybridized carbons (Fsp3) is 0.500. The summed E-state index contributed by atoms with van der Waals surface area (Å²) in [4.78, 5) is 26.5. The highest BCUT2D eigenvalue weighted by molar-refractivity contribution is 5.96. The van der Waals surface area contributed by atoms with Gasteiger partial charge in [0.1, 0.15) is 11.2 Å². The molecule has 6 heteroatoms. The summed E-state index contributed by atoms with van der Waals surface area (Å²) in [6.07, 6.45) is 3.33. The van der Waals surface area contributed by atoms with Gasteiger partial charge in [0, 0.05) is 13.2 Å². The molecule has 0 bridgehead atoms. The SMILES string of the molecule is CCC(C)(NC(=O)c1cn(C)cn1)C(=O)O. The van der Waals surface area contributed by atoms with Gasteiger partial charge in [0.05, 0.1) is 6.33 Å². The van der Waals surface area contributed by atoms with Crippen LogP contribution < -0.4 is 5.32 Å². The summed E-state index contributed by atoms with van der Waals surface area (Å²) in [5.41, 5.74) is -1.04. The largest absolute Gasteiger partial charge is 0.480 e. The van der Waals surface area contributed by atoms with Gasteiger partial charge in [-0.25, -0.2) is 9.78 Å². The Bertz CT molecular complexity index is 413. The van der Waals surface area contributed by atoms with E-state index in [0.717, 1.165) is 0 Å². The average Bonchev–Trinajstić information content (AvgIpc) is 2.64. The second kappa shape index (κ2) is 4.34. The molecule has 0 saturated heterocycles. The maximum Gasteiger partial charge on any atom is 0.329 e. The summed E-state index contributed by atoms with van der Waals surface area (Å²) in [6.45, 7) is 3.17. The summed E-state index contributed by atoms with van der Waals surface area (Å²) >= 11 is 0. The van der Waals surface area contributed by atoms with Crippen molar-refractivity contribution < 1.29 is 14.7 Å². The number of carboxylic acid groups (broad SMARTS) is 1. The van der Waals surface area contributed by atoms with Crippen LogP contribution in [0.15, 0.2) is 12.5 Å². The van der Waals surface area contributed by atoms with Crippen molar-refractivity contribution >= 4 is 11.9 Å². The molecule has 1 heterocycles. The Morgan fingerprint density at radius 1 is 1.62 bits per heavy atom. The van der Waals surface area contributed by atoms with Gasteiger partial charge in [-0.2, -0.15) is 0 Å². The first-order valence-electron chi connectivity index (χ1n) is 4.93. The van der Waals surface area contributed by atoms with E-state index in [9.17, 15) is 9.59 Å². The molecule has 0 saturated carbocycles. The van der Waals surface area contributed by atoms with Crippen molar-refractivity contribution in [3.63, 3.8) is 0 Å². The van der Waals surface area contributed by atoms with Crippen LogP contribution >= 0.6 is 0 Å². The van der Waals surface area contributed by atoms with E-state index in [-0.39, 0.29) is 5.69 Å². The molecule has 0 aromatic carbocycles. The maximum absolute atomic E-state index is 11.7. The molecule has 1 unspecified atom stereocenters. The van der Waals surface area contributed by atoms with Crippen molar-refractivity contribution in [2.24, 2.45) is 7.05 Å². The normalized spacial score (nSPS) is 14.2. The molecule has 88 valence electrons. The van der Waals surface area contributed by atoms with Crippen LogP contribution in [-0.4, -0.2) is 32.1 Å². The summed E-state index contributed by atoms with van der Waals surface area (Å²) < 4.78 is 1.62. The summed E-state index contributed by atoms with van der Waals surface area (Å²) in [7, 11) is 1.74. The highest BCUT2D eigenvalue weighted by Gasteiger charge is 2.33. The molecular formula is C10H15N3O3. The van der Waals surface area contributed by atoms with Crippen molar-refractivity contribution in [1.82, 2.24) is 14.9 Å². The van der Waals surface area contributed by atoms with Crippen molar-refractivity contribution in [2.45, 2.75) is 25.8 Å². The molecule has 16 heavy (non-hydrogen) atoms. The van der Waals surface area contributed by atoms with E-state index >= 15 is 0 Å². The number of aromatic nitrogens is 2. The van der Waals surface area contributed by atoms with E-state index in [2.05, 4.69) is 10.3 Å². The zero-order chi connectivity index (χ0) is 12.3. The molecule has 0 radical (unpaired) electrons. The van der Waals surface area contributed by atoms with Gasteiger partial charge in [-0.3, -0.25) is 4.79 Å². The van der Waals surface area contributed by atoms with E-state index in [1.165, 1.54) is 19.4 Å². The number of aliphatic carboxylic acids is 1. The molecule has 0 aliphatic heterocycles. The molecule has 1 amide bonds. The minimum Gasteiger partial charge on any atom is -0.480 e. The Balaban J connectivity index is 2.81. The van der Waals surface area contributed by atoms with Crippen LogP contribution in [-0.2, 0) is 11.8 Å². The fourth-order valence-electron chi connectivity index (χ4n) is 1.14. The quantitative estimate of drug-likeness (QED) is 0.777. The number of nitrogens with zero attached hydrogens (tertiary/aromatic N) is 2. The number of carbonyl (C=O) groups is 2. The van der Waals surface area contributed by atoms with Gasteiger partial charge < -0.3 is 15.0 Å². The monoisotopic (exact) mass is 225 g/mol. The number of imidazole rings is 1. The molecule has 0 aliphatic carbocycles. The second-order valence-corrected chi connectivity index (χ2v) is 3.87. The van der Waals surface area contributed by atoms with Gasteiger partial charge >= 0.3 is 5.97 Å². The third-order valence-corrected chi connectivity index (χ3v) is 2.51. The molecule has 6 nitrogen and oxygen atoms in total. The number of carbonyl (C=O) groups excluding carboxylic acids is 1. The van der Waals surface area contributed by atoms with Crippen molar-refractivity contribution in [3.8, 4) is 0 Å². The molecule has 0 fully saturated rings. The number of rotatable bonds is 4. The molecule has 1 rings (SSSR count). The Hall–Kier alpha value is -1.85. The molecule has 0 spiro atoms. The van der Waals surface area contributed by atoms with E-state index in [4.69, 9.17) is 5.11 Å². The number of carboxylic acids is 1. The lowest BCUT2D eigenvalue weighted by Crippen LogP contribution is -2.51. The first-order valence-corrected chi connectivity index (χ1v) is 4.93. The smallest absolute Gasteiger partial charge is 0.329 e. The van der Waals surface area contributed by atoms with Gasteiger partial charge in [0.25, 0.3) is 5.91 Å². The Morgan fingerprint density at radius 2 is 2.25 bits per heavy atom. The van der Waals surface area contributed by atoms with Crippen LogP contribution in [0.25, 0.3) is 0 Å². The van der Waals surface area contributed by atoms with Crippen LogP contribution in [0.5, 0.6) is 0 Å². The molecule has 1 aromatic rings. The lowest BCUT2D eigenvalue weighted by atomic mass is 9.99. The summed E-state index contributed by atoms with van der Waals surface area (Å²) in [5.74, 6) is -1.54. The molecule has 0 aliphatic rings. The van der Waals surface area contributed by atoms with Gasteiger partial charge in [0.15, 0.2) is 0 Å². The number of aryl methyl sites for hydroxylation is 1. The van der Waals surface area contributed by atoms with Gasteiger partial charge in [-0.1, -0.05) is 6.92 Å². The number of nitrogens with one attached hydrogen (secondary N) is 1. The maximum atomic E-state index is 11.7. The minimum absolute atomic E-state index is 0.212. The molecular weight excluding hydrogens is 210 g/mol. The molecule has 1 aromatic heterocycles. The lowest BCUT2D eigenvalue weighted by molar-refractivity contribution is -0.143. The van der Waals surface area contributed by atoms with Crippen molar-refractivity contribution in [2.75, 3.05) is 0 Å². The van der Waals surface area contributed by atoms with Crippen LogP contribution in [0.2, 0.25) is 0 Å². The number of hydrogen-bond donors (Lipinski definition) is 2. The van der Waals surface area contributed by atoms with Gasteiger partial charge in [0.2, 0.25) is 0 Å². The van der Waals surface area contributed by atoms with Gasteiger partial charge in [-0.05, 0) is 13.3 Å². The third kappa shape index (κ3) is 2.39. The van der Waals surface area contributed by atoms with Crippen LogP contribution in [0.1, 0.15) is 30.8 Å². The minimum atomic E-state index is -1.26. The Labute approximate surface area is 93.3 Å². The topological polar surface area (TPSA) is 84.2 Å². The summed E-state index contributed by atoms with van der Waals surface area (Å²) in [5, 5.41) is 11.5. The van der Waals surface area contributed by atoms with Crippen molar-refractivity contribution in [3.05, 3.63) is 18.2 Å². The van der Waals surface area contributed by atoms with Crippen molar-refractivity contribution in [1.29, 1.82) is 0 Å². The second-order valence-electron chi connectivity index (χ2n) is 3.87.